The maximum atomic E-state index is 8.59. The van der Waals surface area contributed by atoms with Gasteiger partial charge in [-0.15, -0.1) is 0 Å². The first kappa shape index (κ1) is 10.3. The summed E-state index contributed by atoms with van der Waals surface area (Å²) in [5, 5.41) is 9.18. The molecule has 0 spiro atoms. The molecule has 1 aromatic rings. The number of rotatable bonds is 3. The van der Waals surface area contributed by atoms with Gasteiger partial charge in [-0.3, -0.25) is 0 Å². The van der Waals surface area contributed by atoms with E-state index < -0.39 is 0 Å². The standard InChI is InChI=1S/C9H12ClNO2/c1-6-3-4-8(10)7(5-11-12)9(6)13-2/h3-4,11-12H,5H2,1-2H3. The first-order chi connectivity index (χ1) is 6.20. The molecule has 0 aliphatic rings. The van der Waals surface area contributed by atoms with E-state index in [-0.39, 0.29) is 6.54 Å². The van der Waals surface area contributed by atoms with Crippen molar-refractivity contribution in [2.45, 2.75) is 13.5 Å². The molecular formula is C9H12ClNO2. The minimum atomic E-state index is 0.281. The van der Waals surface area contributed by atoms with Crippen LogP contribution in [-0.2, 0) is 6.54 Å². The van der Waals surface area contributed by atoms with E-state index in [1.807, 2.05) is 13.0 Å². The van der Waals surface area contributed by atoms with Crippen LogP contribution in [0.25, 0.3) is 0 Å². The molecule has 0 radical (unpaired) electrons. The summed E-state index contributed by atoms with van der Waals surface area (Å²) in [6, 6.07) is 3.66. The SMILES string of the molecule is COc1c(C)ccc(Cl)c1CNO. The van der Waals surface area contributed by atoms with Crippen LogP contribution in [0.15, 0.2) is 12.1 Å². The Hall–Kier alpha value is -0.770. The minimum absolute atomic E-state index is 0.281. The zero-order chi connectivity index (χ0) is 9.84. The van der Waals surface area contributed by atoms with E-state index >= 15 is 0 Å². The molecule has 3 nitrogen and oxygen atoms in total. The zero-order valence-electron chi connectivity index (χ0n) is 7.60. The van der Waals surface area contributed by atoms with Crippen molar-refractivity contribution in [3.05, 3.63) is 28.3 Å². The van der Waals surface area contributed by atoms with E-state index in [1.54, 1.807) is 13.2 Å². The molecule has 0 bridgehead atoms. The van der Waals surface area contributed by atoms with E-state index in [4.69, 9.17) is 21.5 Å². The minimum Gasteiger partial charge on any atom is -0.496 e. The summed E-state index contributed by atoms with van der Waals surface area (Å²) in [5.74, 6) is 0.717. The van der Waals surface area contributed by atoms with Gasteiger partial charge in [0.1, 0.15) is 5.75 Å². The Morgan fingerprint density at radius 3 is 2.77 bits per heavy atom. The van der Waals surface area contributed by atoms with Crippen molar-refractivity contribution in [3.8, 4) is 5.75 Å². The fourth-order valence-corrected chi connectivity index (χ4v) is 1.46. The van der Waals surface area contributed by atoms with Crippen LogP contribution >= 0.6 is 11.6 Å². The Bertz CT molecular complexity index is 302. The lowest BCUT2D eigenvalue weighted by molar-refractivity contribution is 0.160. The molecule has 0 unspecified atom stereocenters. The van der Waals surface area contributed by atoms with Crippen molar-refractivity contribution >= 4 is 11.6 Å². The first-order valence-electron chi connectivity index (χ1n) is 3.89. The third kappa shape index (κ3) is 2.12. The number of hydrogen-bond acceptors (Lipinski definition) is 3. The van der Waals surface area contributed by atoms with Crippen LogP contribution < -0.4 is 10.2 Å². The highest BCUT2D eigenvalue weighted by Gasteiger charge is 2.09. The van der Waals surface area contributed by atoms with Crippen molar-refractivity contribution in [2.24, 2.45) is 0 Å². The van der Waals surface area contributed by atoms with Crippen molar-refractivity contribution in [2.75, 3.05) is 7.11 Å². The Morgan fingerprint density at radius 2 is 2.23 bits per heavy atom. The fourth-order valence-electron chi connectivity index (χ4n) is 1.25. The number of methoxy groups -OCH3 is 1. The second-order valence-electron chi connectivity index (χ2n) is 2.71. The lowest BCUT2D eigenvalue weighted by atomic mass is 10.1. The van der Waals surface area contributed by atoms with Gasteiger partial charge in [0.15, 0.2) is 0 Å². The number of nitrogens with one attached hydrogen (secondary N) is 1. The fraction of sp³-hybridized carbons (Fsp3) is 0.333. The van der Waals surface area contributed by atoms with Crippen LogP contribution in [0.4, 0.5) is 0 Å². The first-order valence-corrected chi connectivity index (χ1v) is 4.27. The predicted octanol–water partition coefficient (Wildman–Crippen LogP) is 2.14. The van der Waals surface area contributed by atoms with Crippen LogP contribution in [0.5, 0.6) is 5.75 Å². The lowest BCUT2D eigenvalue weighted by Gasteiger charge is -2.11. The van der Waals surface area contributed by atoms with Crippen molar-refractivity contribution < 1.29 is 9.94 Å². The quantitative estimate of drug-likeness (QED) is 0.737. The zero-order valence-corrected chi connectivity index (χ0v) is 8.35. The number of halogens is 1. The van der Waals surface area contributed by atoms with E-state index in [1.165, 1.54) is 0 Å². The van der Waals surface area contributed by atoms with Gasteiger partial charge >= 0.3 is 0 Å². The highest BCUT2D eigenvalue weighted by Crippen LogP contribution is 2.29. The second-order valence-corrected chi connectivity index (χ2v) is 3.12. The van der Waals surface area contributed by atoms with E-state index in [0.29, 0.717) is 10.8 Å². The van der Waals surface area contributed by atoms with Gasteiger partial charge in [-0.05, 0) is 18.6 Å². The topological polar surface area (TPSA) is 41.5 Å². The molecular weight excluding hydrogens is 190 g/mol. The van der Waals surface area contributed by atoms with Gasteiger partial charge in [-0.1, -0.05) is 17.7 Å². The molecule has 0 saturated carbocycles. The van der Waals surface area contributed by atoms with Gasteiger partial charge in [0.2, 0.25) is 0 Å². The van der Waals surface area contributed by atoms with Crippen LogP contribution in [0.1, 0.15) is 11.1 Å². The molecule has 0 heterocycles. The Kier molecular flexibility index (Phi) is 3.54. The summed E-state index contributed by atoms with van der Waals surface area (Å²) in [5.41, 5.74) is 3.83. The van der Waals surface area contributed by atoms with Crippen molar-refractivity contribution in [3.63, 3.8) is 0 Å². The second kappa shape index (κ2) is 4.46. The van der Waals surface area contributed by atoms with Crippen molar-refractivity contribution in [1.82, 2.24) is 5.48 Å². The third-order valence-corrected chi connectivity index (χ3v) is 2.21. The van der Waals surface area contributed by atoms with E-state index in [2.05, 4.69) is 5.48 Å². The summed E-state index contributed by atoms with van der Waals surface area (Å²) in [6.45, 7) is 2.21. The monoisotopic (exact) mass is 201 g/mol. The normalized spacial score (nSPS) is 10.2. The van der Waals surface area contributed by atoms with Crippen LogP contribution in [0.2, 0.25) is 5.02 Å². The van der Waals surface area contributed by atoms with Gasteiger partial charge in [-0.25, -0.2) is 5.48 Å². The number of ether oxygens (including phenoxy) is 1. The number of benzene rings is 1. The van der Waals surface area contributed by atoms with Crippen molar-refractivity contribution in [1.29, 1.82) is 0 Å². The number of hydroxylamine groups is 1. The van der Waals surface area contributed by atoms with Crippen LogP contribution in [-0.4, -0.2) is 12.3 Å². The largest absolute Gasteiger partial charge is 0.496 e. The molecule has 0 aliphatic heterocycles. The molecule has 0 saturated heterocycles. The van der Waals surface area contributed by atoms with Crippen LogP contribution in [0.3, 0.4) is 0 Å². The summed E-state index contributed by atoms with van der Waals surface area (Å²) in [6.07, 6.45) is 0. The average molecular weight is 202 g/mol. The van der Waals surface area contributed by atoms with Gasteiger partial charge < -0.3 is 9.94 Å². The van der Waals surface area contributed by atoms with Gasteiger partial charge in [0.25, 0.3) is 0 Å². The summed E-state index contributed by atoms with van der Waals surface area (Å²) >= 11 is 5.93. The summed E-state index contributed by atoms with van der Waals surface area (Å²) in [4.78, 5) is 0. The average Bonchev–Trinajstić information content (AvgIpc) is 2.12. The molecule has 2 N–H and O–H groups in total. The van der Waals surface area contributed by atoms with E-state index in [0.717, 1.165) is 11.1 Å². The molecule has 1 aromatic carbocycles. The molecule has 1 rings (SSSR count). The van der Waals surface area contributed by atoms with Gasteiger partial charge in [-0.2, -0.15) is 0 Å². The van der Waals surface area contributed by atoms with Crippen LogP contribution in [0, 0.1) is 6.92 Å². The Morgan fingerprint density at radius 1 is 1.54 bits per heavy atom. The highest BCUT2D eigenvalue weighted by atomic mass is 35.5. The van der Waals surface area contributed by atoms with E-state index in [9.17, 15) is 0 Å². The molecule has 0 fully saturated rings. The summed E-state index contributed by atoms with van der Waals surface area (Å²) < 4.78 is 5.17. The highest BCUT2D eigenvalue weighted by molar-refractivity contribution is 6.31. The molecule has 0 aliphatic carbocycles. The number of hydrogen-bond donors (Lipinski definition) is 2. The third-order valence-electron chi connectivity index (χ3n) is 1.86. The number of aryl methyl sites for hydroxylation is 1. The molecule has 0 aromatic heterocycles. The van der Waals surface area contributed by atoms with Gasteiger partial charge in [0.05, 0.1) is 13.7 Å². The molecule has 0 amide bonds. The molecule has 0 atom stereocenters. The molecule has 4 heteroatoms. The lowest BCUT2D eigenvalue weighted by Crippen LogP contribution is -2.08. The summed E-state index contributed by atoms with van der Waals surface area (Å²) in [7, 11) is 1.58. The Labute approximate surface area is 82.2 Å². The Balaban J connectivity index is 3.18. The molecule has 72 valence electrons. The molecule has 13 heavy (non-hydrogen) atoms. The van der Waals surface area contributed by atoms with Gasteiger partial charge in [0, 0.05) is 10.6 Å². The predicted molar refractivity (Wildman–Crippen MR) is 51.4 cm³/mol. The maximum Gasteiger partial charge on any atom is 0.127 e. The smallest absolute Gasteiger partial charge is 0.127 e. The maximum absolute atomic E-state index is 8.59.